The average molecular weight is 276 g/mol. The Balaban J connectivity index is 1.47. The number of pyridine rings is 1. The Hall–Kier alpha value is -1.59. The van der Waals surface area contributed by atoms with Crippen LogP contribution in [0.1, 0.15) is 25.0 Å². The van der Waals surface area contributed by atoms with Crippen molar-refractivity contribution in [1.29, 1.82) is 0 Å². The lowest BCUT2D eigenvalue weighted by atomic mass is 10.2. The number of nitrogens with zero attached hydrogens (tertiary/aromatic N) is 2. The SMILES string of the molecule is Cc1cnc2cc(OCCOC3CCCCO3)ccn12. The van der Waals surface area contributed by atoms with Gasteiger partial charge in [-0.15, -0.1) is 0 Å². The molecule has 1 atom stereocenters. The van der Waals surface area contributed by atoms with Gasteiger partial charge in [0.15, 0.2) is 6.29 Å². The minimum absolute atomic E-state index is 0.0511. The third kappa shape index (κ3) is 3.11. The van der Waals surface area contributed by atoms with Crippen molar-refractivity contribution in [2.24, 2.45) is 0 Å². The van der Waals surface area contributed by atoms with E-state index in [-0.39, 0.29) is 6.29 Å². The summed E-state index contributed by atoms with van der Waals surface area (Å²) in [7, 11) is 0. The number of fused-ring (bicyclic) bond motifs is 1. The molecule has 1 saturated heterocycles. The molecule has 5 heteroatoms. The predicted octanol–water partition coefficient (Wildman–Crippen LogP) is 2.56. The lowest BCUT2D eigenvalue weighted by Gasteiger charge is -2.22. The topological polar surface area (TPSA) is 45.0 Å². The highest BCUT2D eigenvalue weighted by atomic mass is 16.7. The van der Waals surface area contributed by atoms with Gasteiger partial charge in [-0.2, -0.15) is 0 Å². The quantitative estimate of drug-likeness (QED) is 0.787. The zero-order chi connectivity index (χ0) is 13.8. The number of aryl methyl sites for hydroxylation is 1. The van der Waals surface area contributed by atoms with Crippen LogP contribution in [0, 0.1) is 6.92 Å². The van der Waals surface area contributed by atoms with Gasteiger partial charge in [-0.3, -0.25) is 0 Å². The normalized spacial score (nSPS) is 19.4. The van der Waals surface area contributed by atoms with Crippen molar-refractivity contribution in [1.82, 2.24) is 9.38 Å². The molecule has 0 saturated carbocycles. The molecule has 1 aliphatic rings. The Morgan fingerprint density at radius 1 is 1.40 bits per heavy atom. The van der Waals surface area contributed by atoms with E-state index in [1.807, 2.05) is 35.9 Å². The molecule has 108 valence electrons. The molecular formula is C15H20N2O3. The Kier molecular flexibility index (Phi) is 4.18. The summed E-state index contributed by atoms with van der Waals surface area (Å²) in [6.45, 7) is 3.90. The summed E-state index contributed by atoms with van der Waals surface area (Å²) in [5.41, 5.74) is 2.01. The van der Waals surface area contributed by atoms with Crippen LogP contribution in [0.3, 0.4) is 0 Å². The fourth-order valence-electron chi connectivity index (χ4n) is 2.36. The summed E-state index contributed by atoms with van der Waals surface area (Å²) in [6.07, 6.45) is 7.08. The molecule has 1 unspecified atom stereocenters. The highest BCUT2D eigenvalue weighted by molar-refractivity contribution is 5.45. The van der Waals surface area contributed by atoms with Gasteiger partial charge in [-0.05, 0) is 32.3 Å². The van der Waals surface area contributed by atoms with Crippen LogP contribution in [-0.2, 0) is 9.47 Å². The number of hydrogen-bond acceptors (Lipinski definition) is 4. The van der Waals surface area contributed by atoms with Gasteiger partial charge in [0.05, 0.1) is 6.61 Å². The van der Waals surface area contributed by atoms with Gasteiger partial charge in [0.2, 0.25) is 0 Å². The predicted molar refractivity (Wildman–Crippen MR) is 75.0 cm³/mol. The standard InChI is InChI=1S/C15H20N2O3/c1-12-11-16-14-10-13(5-6-17(12)14)18-8-9-20-15-4-2-3-7-19-15/h5-6,10-11,15H,2-4,7-9H2,1H3. The van der Waals surface area contributed by atoms with Crippen LogP contribution in [0.25, 0.3) is 5.65 Å². The van der Waals surface area contributed by atoms with E-state index in [4.69, 9.17) is 14.2 Å². The molecule has 1 fully saturated rings. The summed E-state index contributed by atoms with van der Waals surface area (Å²) in [5, 5.41) is 0. The van der Waals surface area contributed by atoms with Crippen molar-refractivity contribution >= 4 is 5.65 Å². The highest BCUT2D eigenvalue weighted by Gasteiger charge is 2.13. The van der Waals surface area contributed by atoms with Crippen molar-refractivity contribution < 1.29 is 14.2 Å². The molecule has 0 aromatic carbocycles. The van der Waals surface area contributed by atoms with Crippen LogP contribution in [0.2, 0.25) is 0 Å². The van der Waals surface area contributed by atoms with Gasteiger partial charge < -0.3 is 18.6 Å². The Labute approximate surface area is 118 Å². The molecule has 0 N–H and O–H groups in total. The first-order valence-corrected chi connectivity index (χ1v) is 7.13. The summed E-state index contributed by atoms with van der Waals surface area (Å²) in [6, 6.07) is 3.88. The summed E-state index contributed by atoms with van der Waals surface area (Å²) in [4.78, 5) is 4.31. The fraction of sp³-hybridized carbons (Fsp3) is 0.533. The van der Waals surface area contributed by atoms with E-state index in [0.29, 0.717) is 13.2 Å². The maximum absolute atomic E-state index is 5.68. The first kappa shape index (κ1) is 13.4. The van der Waals surface area contributed by atoms with Gasteiger partial charge in [-0.1, -0.05) is 0 Å². The van der Waals surface area contributed by atoms with E-state index in [0.717, 1.165) is 36.5 Å². The third-order valence-electron chi connectivity index (χ3n) is 3.46. The molecule has 1 aliphatic heterocycles. The Morgan fingerprint density at radius 2 is 2.35 bits per heavy atom. The maximum Gasteiger partial charge on any atom is 0.157 e. The van der Waals surface area contributed by atoms with Crippen LogP contribution in [0.5, 0.6) is 5.75 Å². The molecule has 2 aromatic heterocycles. The van der Waals surface area contributed by atoms with E-state index >= 15 is 0 Å². The minimum atomic E-state index is -0.0511. The molecule has 2 aromatic rings. The number of aromatic nitrogens is 2. The molecule has 20 heavy (non-hydrogen) atoms. The van der Waals surface area contributed by atoms with Gasteiger partial charge in [-0.25, -0.2) is 4.98 Å². The van der Waals surface area contributed by atoms with Crippen LogP contribution in [-0.4, -0.2) is 35.5 Å². The number of imidazole rings is 1. The monoisotopic (exact) mass is 276 g/mol. The van der Waals surface area contributed by atoms with Crippen molar-refractivity contribution in [2.75, 3.05) is 19.8 Å². The van der Waals surface area contributed by atoms with Gasteiger partial charge >= 0.3 is 0 Å². The second-order valence-electron chi connectivity index (χ2n) is 5.01. The molecule has 3 heterocycles. The smallest absolute Gasteiger partial charge is 0.157 e. The molecular weight excluding hydrogens is 256 g/mol. The van der Waals surface area contributed by atoms with E-state index in [9.17, 15) is 0 Å². The van der Waals surface area contributed by atoms with Gasteiger partial charge in [0.1, 0.15) is 18.0 Å². The van der Waals surface area contributed by atoms with Crippen molar-refractivity contribution in [3.63, 3.8) is 0 Å². The number of rotatable bonds is 5. The number of hydrogen-bond donors (Lipinski definition) is 0. The maximum atomic E-state index is 5.68. The Bertz CT molecular complexity index is 561. The molecule has 0 amide bonds. The van der Waals surface area contributed by atoms with E-state index in [1.54, 1.807) is 0 Å². The molecule has 3 rings (SSSR count). The van der Waals surface area contributed by atoms with Crippen LogP contribution in [0.15, 0.2) is 24.5 Å². The Morgan fingerprint density at radius 3 is 3.20 bits per heavy atom. The summed E-state index contributed by atoms with van der Waals surface area (Å²) >= 11 is 0. The lowest BCUT2D eigenvalue weighted by molar-refractivity contribution is -0.165. The first-order chi connectivity index (χ1) is 9.83. The van der Waals surface area contributed by atoms with E-state index in [1.165, 1.54) is 6.42 Å². The molecule has 0 radical (unpaired) electrons. The second kappa shape index (κ2) is 6.24. The molecule has 0 bridgehead atoms. The van der Waals surface area contributed by atoms with Crippen molar-refractivity contribution in [3.05, 3.63) is 30.2 Å². The molecule has 0 spiro atoms. The van der Waals surface area contributed by atoms with Gasteiger partial charge in [0.25, 0.3) is 0 Å². The van der Waals surface area contributed by atoms with Gasteiger partial charge in [0, 0.05) is 30.8 Å². The third-order valence-corrected chi connectivity index (χ3v) is 3.46. The number of ether oxygens (including phenoxy) is 3. The van der Waals surface area contributed by atoms with Crippen molar-refractivity contribution in [2.45, 2.75) is 32.5 Å². The summed E-state index contributed by atoms with van der Waals surface area (Å²) in [5.74, 6) is 0.816. The lowest BCUT2D eigenvalue weighted by Crippen LogP contribution is -2.24. The van der Waals surface area contributed by atoms with Crippen LogP contribution >= 0.6 is 0 Å². The molecule has 5 nitrogen and oxygen atoms in total. The molecule has 0 aliphatic carbocycles. The van der Waals surface area contributed by atoms with E-state index in [2.05, 4.69) is 4.98 Å². The first-order valence-electron chi connectivity index (χ1n) is 7.13. The zero-order valence-corrected chi connectivity index (χ0v) is 11.7. The average Bonchev–Trinajstić information content (AvgIpc) is 2.86. The largest absolute Gasteiger partial charge is 0.491 e. The van der Waals surface area contributed by atoms with E-state index < -0.39 is 0 Å². The van der Waals surface area contributed by atoms with Crippen LogP contribution < -0.4 is 4.74 Å². The van der Waals surface area contributed by atoms with Crippen molar-refractivity contribution in [3.8, 4) is 5.75 Å². The summed E-state index contributed by atoms with van der Waals surface area (Å²) < 4.78 is 18.8. The second-order valence-corrected chi connectivity index (χ2v) is 5.01. The minimum Gasteiger partial charge on any atom is -0.491 e. The fourth-order valence-corrected chi connectivity index (χ4v) is 2.36. The highest BCUT2D eigenvalue weighted by Crippen LogP contribution is 2.16. The zero-order valence-electron chi connectivity index (χ0n) is 11.7. The van der Waals surface area contributed by atoms with Crippen LogP contribution in [0.4, 0.5) is 0 Å².